The highest BCUT2D eigenvalue weighted by Crippen LogP contribution is 2.39. The van der Waals surface area contributed by atoms with Gasteiger partial charge in [-0.25, -0.2) is 22.8 Å². The van der Waals surface area contributed by atoms with Gasteiger partial charge in [-0.05, 0) is 19.8 Å². The molecule has 0 unspecified atom stereocenters. The van der Waals surface area contributed by atoms with Gasteiger partial charge in [0, 0.05) is 12.2 Å². The number of rotatable bonds is 4. The highest BCUT2D eigenvalue weighted by atomic mass is 19.2. The van der Waals surface area contributed by atoms with E-state index in [1.54, 1.807) is 0 Å². The van der Waals surface area contributed by atoms with Crippen molar-refractivity contribution in [3.05, 3.63) is 45.0 Å². The average Bonchev–Trinajstić information content (AvgIpc) is 3.38. The number of carboxylic acids is 1. The molecule has 1 aromatic heterocycles. The minimum absolute atomic E-state index is 0.200. The van der Waals surface area contributed by atoms with Crippen LogP contribution in [0.1, 0.15) is 46.5 Å². The molecule has 1 aromatic carbocycles. The number of esters is 1. The highest BCUT2D eigenvalue weighted by Gasteiger charge is 2.34. The van der Waals surface area contributed by atoms with Crippen molar-refractivity contribution >= 4 is 22.8 Å². The molecule has 3 rings (SSSR count). The molecule has 1 saturated carbocycles. The second kappa shape index (κ2) is 5.91. The van der Waals surface area contributed by atoms with E-state index in [2.05, 4.69) is 4.74 Å². The molecule has 1 N–H and O–H groups in total. The number of fused-ring (bicyclic) bond motifs is 1. The van der Waals surface area contributed by atoms with E-state index in [4.69, 9.17) is 0 Å². The van der Waals surface area contributed by atoms with Gasteiger partial charge in [-0.15, -0.1) is 0 Å². The summed E-state index contributed by atoms with van der Waals surface area (Å²) in [5.41, 5.74) is -3.78. The van der Waals surface area contributed by atoms with Gasteiger partial charge in [-0.2, -0.15) is 0 Å². The lowest BCUT2D eigenvalue weighted by Crippen LogP contribution is -2.24. The zero-order valence-corrected chi connectivity index (χ0v) is 12.9. The molecule has 0 bridgehead atoms. The number of carboxylic acid groups (broad SMARTS) is 1. The van der Waals surface area contributed by atoms with Gasteiger partial charge in [0.1, 0.15) is 11.1 Å². The maximum atomic E-state index is 14.4. The third-order valence-electron chi connectivity index (χ3n) is 3.95. The van der Waals surface area contributed by atoms with Crippen molar-refractivity contribution in [1.29, 1.82) is 0 Å². The lowest BCUT2D eigenvalue weighted by molar-refractivity contribution is 0.0521. The van der Waals surface area contributed by atoms with Crippen LogP contribution in [0.3, 0.4) is 0 Å². The number of ether oxygens (including phenoxy) is 1. The molecule has 0 radical (unpaired) electrons. The van der Waals surface area contributed by atoms with Crippen LogP contribution in [0.25, 0.3) is 10.9 Å². The van der Waals surface area contributed by atoms with Crippen molar-refractivity contribution in [1.82, 2.24) is 4.57 Å². The lowest BCUT2D eigenvalue weighted by Gasteiger charge is -2.15. The van der Waals surface area contributed by atoms with E-state index in [0.29, 0.717) is 12.8 Å². The van der Waals surface area contributed by atoms with E-state index in [1.807, 2.05) is 0 Å². The Morgan fingerprint density at radius 1 is 1.24 bits per heavy atom. The van der Waals surface area contributed by atoms with Crippen LogP contribution in [-0.2, 0) is 4.74 Å². The van der Waals surface area contributed by atoms with Gasteiger partial charge in [-0.1, -0.05) is 0 Å². The molecule has 25 heavy (non-hydrogen) atoms. The first-order valence-corrected chi connectivity index (χ1v) is 7.45. The van der Waals surface area contributed by atoms with Crippen LogP contribution in [0.4, 0.5) is 13.2 Å². The fourth-order valence-corrected chi connectivity index (χ4v) is 2.70. The van der Waals surface area contributed by atoms with Crippen molar-refractivity contribution in [2.45, 2.75) is 25.8 Å². The Bertz CT molecular complexity index is 978. The highest BCUT2D eigenvalue weighted by molar-refractivity contribution is 6.06. The summed E-state index contributed by atoms with van der Waals surface area (Å²) in [7, 11) is 0. The zero-order chi connectivity index (χ0) is 18.5. The summed E-state index contributed by atoms with van der Waals surface area (Å²) in [6, 6.07) is -0.365. The molecule has 1 aliphatic rings. The average molecular weight is 355 g/mol. The second-order valence-electron chi connectivity index (χ2n) is 5.58. The predicted molar refractivity (Wildman–Crippen MR) is 79.3 cm³/mol. The van der Waals surface area contributed by atoms with Crippen molar-refractivity contribution in [3.63, 3.8) is 0 Å². The van der Waals surface area contributed by atoms with Gasteiger partial charge in [0.15, 0.2) is 17.5 Å². The van der Waals surface area contributed by atoms with Crippen LogP contribution in [0.2, 0.25) is 0 Å². The summed E-state index contributed by atoms with van der Waals surface area (Å²) in [5, 5.41) is 8.35. The monoisotopic (exact) mass is 355 g/mol. The third-order valence-corrected chi connectivity index (χ3v) is 3.95. The van der Waals surface area contributed by atoms with E-state index < -0.39 is 56.8 Å². The smallest absolute Gasteiger partial charge is 0.342 e. The van der Waals surface area contributed by atoms with Crippen molar-refractivity contribution in [3.8, 4) is 0 Å². The number of hydrogen-bond acceptors (Lipinski definition) is 4. The number of benzene rings is 1. The van der Waals surface area contributed by atoms with Crippen LogP contribution in [-0.4, -0.2) is 28.2 Å². The van der Waals surface area contributed by atoms with Gasteiger partial charge in [0.05, 0.1) is 17.5 Å². The first kappa shape index (κ1) is 17.0. The number of halogens is 3. The molecule has 9 heteroatoms. The van der Waals surface area contributed by atoms with E-state index >= 15 is 0 Å². The molecule has 6 nitrogen and oxygen atoms in total. The maximum absolute atomic E-state index is 14.4. The summed E-state index contributed by atoms with van der Waals surface area (Å²) in [5.74, 6) is -8.45. The van der Waals surface area contributed by atoms with E-state index in [0.717, 1.165) is 10.8 Å². The SMILES string of the molecule is CCOC(=O)c1c(F)c(F)c(F)c2c1c(=O)c(C(=O)O)cn2C1CC1. The molecule has 1 heterocycles. The summed E-state index contributed by atoms with van der Waals surface area (Å²) in [6.45, 7) is 1.21. The van der Waals surface area contributed by atoms with Crippen molar-refractivity contribution < 1.29 is 32.6 Å². The molecule has 1 aliphatic carbocycles. The molecular weight excluding hydrogens is 343 g/mol. The molecular formula is C16H12F3NO5. The minimum atomic E-state index is -1.92. The Morgan fingerprint density at radius 3 is 2.40 bits per heavy atom. The number of aromatic carboxylic acids is 1. The predicted octanol–water partition coefficient (Wildman–Crippen LogP) is 2.63. The fourth-order valence-electron chi connectivity index (χ4n) is 2.70. The summed E-state index contributed by atoms with van der Waals surface area (Å²) in [6.07, 6.45) is 1.98. The van der Waals surface area contributed by atoms with Gasteiger partial charge in [-0.3, -0.25) is 4.79 Å². The van der Waals surface area contributed by atoms with E-state index in [1.165, 1.54) is 6.92 Å². The lowest BCUT2D eigenvalue weighted by atomic mass is 10.0. The topological polar surface area (TPSA) is 85.6 Å². The normalized spacial score (nSPS) is 13.9. The third kappa shape index (κ3) is 2.55. The Balaban J connectivity index is 2.56. The Labute approximate surface area is 138 Å². The van der Waals surface area contributed by atoms with Gasteiger partial charge < -0.3 is 14.4 Å². The van der Waals surface area contributed by atoms with E-state index in [9.17, 15) is 32.7 Å². The van der Waals surface area contributed by atoms with Gasteiger partial charge in [0.25, 0.3) is 0 Å². The van der Waals surface area contributed by atoms with Crippen LogP contribution in [0.5, 0.6) is 0 Å². The fraction of sp³-hybridized carbons (Fsp3) is 0.312. The quantitative estimate of drug-likeness (QED) is 0.673. The molecule has 0 saturated heterocycles. The second-order valence-corrected chi connectivity index (χ2v) is 5.58. The number of nitrogens with zero attached hydrogens (tertiary/aromatic N) is 1. The summed E-state index contributed by atoms with van der Waals surface area (Å²) >= 11 is 0. The first-order chi connectivity index (χ1) is 11.8. The number of pyridine rings is 1. The standard InChI is InChI=1S/C16H12F3NO5/c1-2-25-16(24)8-9-13(12(19)11(18)10(8)17)20(6-3-4-6)5-7(14(9)21)15(22)23/h5-6H,2-4H2,1H3,(H,22,23). The zero-order valence-electron chi connectivity index (χ0n) is 12.9. The van der Waals surface area contributed by atoms with Crippen molar-refractivity contribution in [2.24, 2.45) is 0 Å². The van der Waals surface area contributed by atoms with Gasteiger partial charge >= 0.3 is 11.9 Å². The number of carbonyl (C=O) groups is 2. The molecule has 2 aromatic rings. The molecule has 0 aliphatic heterocycles. The molecule has 132 valence electrons. The van der Waals surface area contributed by atoms with Crippen molar-refractivity contribution in [2.75, 3.05) is 6.61 Å². The van der Waals surface area contributed by atoms with Crippen LogP contribution in [0.15, 0.2) is 11.0 Å². The van der Waals surface area contributed by atoms with Crippen LogP contribution < -0.4 is 5.43 Å². The number of carbonyl (C=O) groups excluding carboxylic acids is 1. The Morgan fingerprint density at radius 2 is 1.88 bits per heavy atom. The van der Waals surface area contributed by atoms with Crippen LogP contribution in [0, 0.1) is 17.5 Å². The number of aromatic nitrogens is 1. The van der Waals surface area contributed by atoms with E-state index in [-0.39, 0.29) is 12.6 Å². The molecule has 0 spiro atoms. The number of hydrogen-bond donors (Lipinski definition) is 1. The Kier molecular flexibility index (Phi) is 4.02. The minimum Gasteiger partial charge on any atom is -0.477 e. The molecule has 0 amide bonds. The first-order valence-electron chi connectivity index (χ1n) is 7.45. The molecule has 0 atom stereocenters. The summed E-state index contributed by atoms with van der Waals surface area (Å²) < 4.78 is 48.3. The molecule has 1 fully saturated rings. The summed E-state index contributed by atoms with van der Waals surface area (Å²) in [4.78, 5) is 35.8. The van der Waals surface area contributed by atoms with Crippen LogP contribution >= 0.6 is 0 Å². The van der Waals surface area contributed by atoms with Gasteiger partial charge in [0.2, 0.25) is 5.43 Å². The maximum Gasteiger partial charge on any atom is 0.342 e. The Hall–Kier alpha value is -2.84. The largest absolute Gasteiger partial charge is 0.477 e.